The van der Waals surface area contributed by atoms with Crippen molar-refractivity contribution in [2.45, 2.75) is 33.3 Å². The molecule has 64 valence electrons. The van der Waals surface area contributed by atoms with E-state index in [0.29, 0.717) is 0 Å². The fourth-order valence-electron chi connectivity index (χ4n) is 0.508. The van der Waals surface area contributed by atoms with Crippen LogP contribution in [-0.4, -0.2) is 35.2 Å². The summed E-state index contributed by atoms with van der Waals surface area (Å²) in [5.74, 6) is -0.604. The summed E-state index contributed by atoms with van der Waals surface area (Å²) in [5.41, 5.74) is 0. The Morgan fingerprint density at radius 2 is 1.82 bits per heavy atom. The van der Waals surface area contributed by atoms with Crippen LogP contribution >= 0.6 is 0 Å². The average Bonchev–Trinajstić information content (AvgIpc) is 1.58. The van der Waals surface area contributed by atoms with Crippen LogP contribution in [0.5, 0.6) is 0 Å². The van der Waals surface area contributed by atoms with Gasteiger partial charge in [0.25, 0.3) is 0 Å². The minimum absolute atomic E-state index is 0. The van der Waals surface area contributed by atoms with Gasteiger partial charge in [0, 0.05) is 0 Å². The van der Waals surface area contributed by atoms with Gasteiger partial charge in [-0.25, -0.2) is 0 Å². The SMILES string of the molecule is CC(=O)CC(=O)OC(C)C.[AlH3]. The third kappa shape index (κ3) is 9.67. The first-order valence-electron chi connectivity index (χ1n) is 3.21. The number of ketones is 1. The molecule has 0 rings (SSSR count). The molecule has 0 aromatic heterocycles. The second-order valence-corrected chi connectivity index (χ2v) is 2.42. The summed E-state index contributed by atoms with van der Waals surface area (Å²) in [5, 5.41) is 0. The molecule has 0 spiro atoms. The maximum atomic E-state index is 10.6. The van der Waals surface area contributed by atoms with Gasteiger partial charge in [-0.05, 0) is 20.8 Å². The minimum atomic E-state index is -0.442. The standard InChI is InChI=1S/C7H12O3.Al.3H/c1-5(2)10-7(9)4-6(3)8;;;;/h5H,4H2,1-3H3;;;;. The summed E-state index contributed by atoms with van der Waals surface area (Å²) in [6, 6.07) is 0. The molecule has 0 fully saturated rings. The lowest BCUT2D eigenvalue weighted by Crippen LogP contribution is -2.13. The molecule has 0 saturated carbocycles. The molecular formula is C7H15AlO3. The number of carbonyl (C=O) groups is 2. The fraction of sp³-hybridized carbons (Fsp3) is 0.714. The lowest BCUT2D eigenvalue weighted by molar-refractivity contribution is -0.149. The summed E-state index contributed by atoms with van der Waals surface area (Å²) in [4.78, 5) is 21.0. The Hall–Kier alpha value is -0.328. The van der Waals surface area contributed by atoms with E-state index in [9.17, 15) is 9.59 Å². The zero-order valence-electron chi connectivity index (χ0n) is 6.51. The molecule has 0 unspecified atom stereocenters. The number of Topliss-reactive ketones (excluding diaryl/α,β-unsaturated/α-hetero) is 1. The highest BCUT2D eigenvalue weighted by atomic mass is 27.0. The zero-order chi connectivity index (χ0) is 8.15. The lowest BCUT2D eigenvalue weighted by atomic mass is 10.3. The second kappa shape index (κ2) is 6.39. The van der Waals surface area contributed by atoms with Crippen molar-refractivity contribution >= 4 is 29.1 Å². The van der Waals surface area contributed by atoms with E-state index < -0.39 is 5.97 Å². The van der Waals surface area contributed by atoms with Crippen LogP contribution in [0.4, 0.5) is 0 Å². The van der Waals surface area contributed by atoms with Crippen LogP contribution in [0.25, 0.3) is 0 Å². The van der Waals surface area contributed by atoms with Gasteiger partial charge in [-0.2, -0.15) is 0 Å². The Balaban J connectivity index is 0. The molecule has 0 N–H and O–H groups in total. The van der Waals surface area contributed by atoms with Crippen molar-refractivity contribution in [3.63, 3.8) is 0 Å². The molecule has 4 heteroatoms. The smallest absolute Gasteiger partial charge is 0.313 e. The highest BCUT2D eigenvalue weighted by molar-refractivity contribution is 5.94. The third-order valence-corrected chi connectivity index (χ3v) is 0.760. The maximum Gasteiger partial charge on any atom is 0.313 e. The van der Waals surface area contributed by atoms with Gasteiger partial charge < -0.3 is 4.74 Å². The lowest BCUT2D eigenvalue weighted by Gasteiger charge is -2.05. The summed E-state index contributed by atoms with van der Waals surface area (Å²) in [7, 11) is 0. The molecule has 0 aliphatic rings. The molecule has 0 amide bonds. The molecule has 0 aromatic carbocycles. The van der Waals surface area contributed by atoms with E-state index in [0.717, 1.165) is 0 Å². The number of carbonyl (C=O) groups excluding carboxylic acids is 2. The number of hydrogen-bond donors (Lipinski definition) is 0. The van der Waals surface area contributed by atoms with E-state index in [1.54, 1.807) is 13.8 Å². The molecule has 0 aromatic rings. The number of rotatable bonds is 3. The van der Waals surface area contributed by atoms with Gasteiger partial charge in [0.05, 0.1) is 6.10 Å². The van der Waals surface area contributed by atoms with Crippen LogP contribution in [0, 0.1) is 0 Å². The normalized spacial score (nSPS) is 8.73. The fourth-order valence-corrected chi connectivity index (χ4v) is 0.508. The van der Waals surface area contributed by atoms with E-state index in [4.69, 9.17) is 4.74 Å². The van der Waals surface area contributed by atoms with Crippen molar-refractivity contribution in [1.29, 1.82) is 0 Å². The summed E-state index contributed by atoms with van der Waals surface area (Å²) in [6.07, 6.45) is -0.245. The van der Waals surface area contributed by atoms with Crippen LogP contribution < -0.4 is 0 Å². The predicted octanol–water partition coefficient (Wildman–Crippen LogP) is -0.267. The van der Waals surface area contributed by atoms with E-state index in [-0.39, 0.29) is 35.7 Å². The van der Waals surface area contributed by atoms with Crippen molar-refractivity contribution in [1.82, 2.24) is 0 Å². The topological polar surface area (TPSA) is 43.4 Å². The molecular weight excluding hydrogens is 159 g/mol. The zero-order valence-corrected chi connectivity index (χ0v) is 6.51. The molecule has 3 nitrogen and oxygen atoms in total. The van der Waals surface area contributed by atoms with Gasteiger partial charge in [-0.15, -0.1) is 0 Å². The molecule has 0 saturated heterocycles. The molecule has 0 bridgehead atoms. The minimum Gasteiger partial charge on any atom is -0.463 e. The van der Waals surface area contributed by atoms with Crippen molar-refractivity contribution in [2.24, 2.45) is 0 Å². The number of esters is 1. The van der Waals surface area contributed by atoms with Crippen molar-refractivity contribution in [3.8, 4) is 0 Å². The van der Waals surface area contributed by atoms with Crippen LogP contribution in [0.3, 0.4) is 0 Å². The Kier molecular flexibility index (Phi) is 7.71. The quantitative estimate of drug-likeness (QED) is 0.336. The van der Waals surface area contributed by atoms with Gasteiger partial charge in [0.2, 0.25) is 0 Å². The third-order valence-electron chi connectivity index (χ3n) is 0.760. The van der Waals surface area contributed by atoms with E-state index >= 15 is 0 Å². The second-order valence-electron chi connectivity index (χ2n) is 2.42. The van der Waals surface area contributed by atoms with Crippen LogP contribution in [0.1, 0.15) is 27.2 Å². The largest absolute Gasteiger partial charge is 0.463 e. The van der Waals surface area contributed by atoms with Gasteiger partial charge in [-0.1, -0.05) is 0 Å². The first-order valence-corrected chi connectivity index (χ1v) is 3.21. The number of ether oxygens (including phenoxy) is 1. The summed E-state index contributed by atoms with van der Waals surface area (Å²) >= 11 is 0. The van der Waals surface area contributed by atoms with E-state index in [2.05, 4.69) is 0 Å². The summed E-state index contributed by atoms with van der Waals surface area (Å²) < 4.78 is 4.70. The molecule has 0 radical (unpaired) electrons. The Labute approximate surface area is 77.2 Å². The van der Waals surface area contributed by atoms with Crippen LogP contribution in [0.2, 0.25) is 0 Å². The first kappa shape index (κ1) is 13.3. The molecule has 11 heavy (non-hydrogen) atoms. The summed E-state index contributed by atoms with van der Waals surface area (Å²) in [6.45, 7) is 4.86. The van der Waals surface area contributed by atoms with E-state index in [1.807, 2.05) is 0 Å². The maximum absolute atomic E-state index is 10.6. The van der Waals surface area contributed by atoms with Gasteiger partial charge in [-0.3, -0.25) is 9.59 Å². The Bertz CT molecular complexity index is 143. The predicted molar refractivity (Wildman–Crippen MR) is 46.5 cm³/mol. The van der Waals surface area contributed by atoms with E-state index in [1.165, 1.54) is 6.92 Å². The molecule has 0 aliphatic heterocycles. The van der Waals surface area contributed by atoms with Crippen molar-refractivity contribution < 1.29 is 14.3 Å². The number of hydrogen-bond acceptors (Lipinski definition) is 3. The monoisotopic (exact) mass is 174 g/mol. The molecule has 0 atom stereocenters. The van der Waals surface area contributed by atoms with Gasteiger partial charge in [0.15, 0.2) is 17.4 Å². The van der Waals surface area contributed by atoms with Crippen molar-refractivity contribution in [3.05, 3.63) is 0 Å². The highest BCUT2D eigenvalue weighted by Crippen LogP contribution is 1.93. The molecule has 0 aliphatic carbocycles. The average molecular weight is 174 g/mol. The van der Waals surface area contributed by atoms with Gasteiger partial charge in [0.1, 0.15) is 12.2 Å². The first-order chi connectivity index (χ1) is 4.52. The van der Waals surface area contributed by atoms with Crippen LogP contribution in [0.15, 0.2) is 0 Å². The Morgan fingerprint density at radius 1 is 1.36 bits per heavy atom. The van der Waals surface area contributed by atoms with Crippen LogP contribution in [-0.2, 0) is 14.3 Å². The highest BCUT2D eigenvalue weighted by Gasteiger charge is 2.07. The van der Waals surface area contributed by atoms with Gasteiger partial charge >= 0.3 is 5.97 Å². The molecule has 0 heterocycles. The Morgan fingerprint density at radius 3 is 2.09 bits per heavy atom. The van der Waals surface area contributed by atoms with Crippen molar-refractivity contribution in [2.75, 3.05) is 0 Å².